The fraction of sp³-hybridized carbons (Fsp3) is 0.625. The topological polar surface area (TPSA) is 86.6 Å². The minimum atomic E-state index is -1.56. The third-order valence-electron chi connectivity index (χ3n) is 11.5. The Labute approximate surface area is 220 Å². The Morgan fingerprint density at radius 3 is 2.35 bits per heavy atom. The van der Waals surface area contributed by atoms with Crippen molar-refractivity contribution in [2.75, 3.05) is 0 Å². The van der Waals surface area contributed by atoms with Crippen molar-refractivity contribution < 1.29 is 19.8 Å². The first-order valence-electron chi connectivity index (χ1n) is 14.0. The lowest BCUT2D eigenvalue weighted by Crippen LogP contribution is -2.57. The molecule has 3 N–H and O–H groups in total. The van der Waals surface area contributed by atoms with Crippen molar-refractivity contribution in [1.29, 1.82) is 0 Å². The largest absolute Gasteiger partial charge is 0.508 e. The number of fused-ring (bicyclic) bond motifs is 4. The molecule has 5 aliphatic rings. The van der Waals surface area contributed by atoms with Crippen molar-refractivity contribution in [3.63, 3.8) is 0 Å². The standard InChI is InChI=1S/C32H41NO4/c1-17-7-12-23-24-25(19(3)14-29(23,5)13-17)30(6)15-18(2)20(4)26-31(37,16-21-8-10-22(34)11-9-21)33-28(36)32(26,30)27(24)35/h8-11,14-15,17,20,23-26,34,37H,7,12-13,16H2,1-6H3,(H,33,36). The first-order chi connectivity index (χ1) is 17.3. The maximum Gasteiger partial charge on any atom is 0.237 e. The van der Waals surface area contributed by atoms with Gasteiger partial charge in [0.05, 0.1) is 0 Å². The molecule has 1 saturated heterocycles. The van der Waals surface area contributed by atoms with Gasteiger partial charge >= 0.3 is 0 Å². The molecule has 1 heterocycles. The molecule has 0 bridgehead atoms. The Balaban J connectivity index is 1.54. The van der Waals surface area contributed by atoms with Crippen molar-refractivity contribution in [3.8, 4) is 5.75 Å². The van der Waals surface area contributed by atoms with Gasteiger partial charge in [-0.15, -0.1) is 0 Å². The van der Waals surface area contributed by atoms with E-state index < -0.39 is 22.5 Å². The fourth-order valence-corrected chi connectivity index (χ4v) is 10.3. The fourth-order valence-electron chi connectivity index (χ4n) is 10.3. The Bertz CT molecular complexity index is 1250. The lowest BCUT2D eigenvalue weighted by molar-refractivity contribution is -0.151. The van der Waals surface area contributed by atoms with Gasteiger partial charge in [-0.2, -0.15) is 0 Å². The van der Waals surface area contributed by atoms with Gasteiger partial charge in [-0.25, -0.2) is 0 Å². The molecule has 10 atom stereocenters. The highest BCUT2D eigenvalue weighted by Crippen LogP contribution is 2.74. The lowest BCUT2D eigenvalue weighted by atomic mass is 9.48. The molecule has 6 rings (SSSR count). The predicted molar refractivity (Wildman–Crippen MR) is 142 cm³/mol. The van der Waals surface area contributed by atoms with Crippen LogP contribution < -0.4 is 5.32 Å². The molecule has 1 amide bonds. The second kappa shape index (κ2) is 7.59. The van der Waals surface area contributed by atoms with Gasteiger partial charge in [0.1, 0.15) is 16.9 Å². The minimum Gasteiger partial charge on any atom is -0.508 e. The van der Waals surface area contributed by atoms with Crippen LogP contribution in [0.15, 0.2) is 47.6 Å². The molecule has 5 nitrogen and oxygen atoms in total. The molecule has 10 unspecified atom stereocenters. The molecule has 1 aromatic carbocycles. The molecule has 198 valence electrons. The van der Waals surface area contributed by atoms with Crippen LogP contribution in [0.4, 0.5) is 0 Å². The van der Waals surface area contributed by atoms with E-state index in [0.717, 1.165) is 30.4 Å². The number of phenols is 1. The zero-order chi connectivity index (χ0) is 26.7. The van der Waals surface area contributed by atoms with Gasteiger partial charge in [0.25, 0.3) is 0 Å². The number of benzene rings is 1. The van der Waals surface area contributed by atoms with Crippen LogP contribution in [0.2, 0.25) is 0 Å². The van der Waals surface area contributed by atoms with E-state index >= 15 is 0 Å². The summed E-state index contributed by atoms with van der Waals surface area (Å²) < 4.78 is 0. The quantitative estimate of drug-likeness (QED) is 0.384. The van der Waals surface area contributed by atoms with E-state index in [-0.39, 0.29) is 52.9 Å². The summed E-state index contributed by atoms with van der Waals surface area (Å²) in [4.78, 5) is 29.3. The van der Waals surface area contributed by atoms with E-state index in [1.165, 1.54) is 5.57 Å². The number of carbonyl (C=O) groups excluding carboxylic acids is 2. The van der Waals surface area contributed by atoms with E-state index in [4.69, 9.17) is 0 Å². The second-order valence-electron chi connectivity index (χ2n) is 13.7. The van der Waals surface area contributed by atoms with Gasteiger partial charge in [0, 0.05) is 23.7 Å². The number of hydrogen-bond donors (Lipinski definition) is 3. The third-order valence-corrected chi connectivity index (χ3v) is 11.5. The number of aliphatic hydroxyl groups is 1. The number of Topliss-reactive ketones (excluding diaryl/α,β-unsaturated/α-hetero) is 1. The Morgan fingerprint density at radius 2 is 1.68 bits per heavy atom. The van der Waals surface area contributed by atoms with E-state index in [2.05, 4.69) is 59.0 Å². The SMILES string of the molecule is CC1=CC2(C)C3C(C)=CC4(C)CC(C)CCC4C3C(=O)C23C(=O)NC(O)(Cc2ccc(O)cc2)C3C1C. The van der Waals surface area contributed by atoms with Crippen molar-refractivity contribution in [1.82, 2.24) is 5.32 Å². The van der Waals surface area contributed by atoms with Crippen LogP contribution in [0, 0.1) is 51.8 Å². The molecule has 4 aliphatic carbocycles. The summed E-state index contributed by atoms with van der Waals surface area (Å²) >= 11 is 0. The van der Waals surface area contributed by atoms with Gasteiger partial charge in [0.2, 0.25) is 5.91 Å². The second-order valence-corrected chi connectivity index (χ2v) is 13.7. The van der Waals surface area contributed by atoms with Gasteiger partial charge in [0.15, 0.2) is 5.78 Å². The molecule has 0 radical (unpaired) electrons. The molecule has 5 heteroatoms. The monoisotopic (exact) mass is 503 g/mol. The molecule has 1 spiro atoms. The predicted octanol–water partition coefficient (Wildman–Crippen LogP) is 5.18. The normalized spacial score (nSPS) is 48.3. The highest BCUT2D eigenvalue weighted by Gasteiger charge is 2.82. The minimum absolute atomic E-state index is 0.0433. The van der Waals surface area contributed by atoms with Crippen LogP contribution in [0.3, 0.4) is 0 Å². The lowest BCUT2D eigenvalue weighted by Gasteiger charge is -2.53. The summed E-state index contributed by atoms with van der Waals surface area (Å²) in [7, 11) is 0. The molecular formula is C32H41NO4. The number of aromatic hydroxyl groups is 1. The number of rotatable bonds is 2. The maximum absolute atomic E-state index is 15.0. The zero-order valence-electron chi connectivity index (χ0n) is 23.0. The van der Waals surface area contributed by atoms with Gasteiger partial charge in [-0.05, 0) is 73.5 Å². The highest BCUT2D eigenvalue weighted by atomic mass is 16.3. The number of ketones is 1. The van der Waals surface area contributed by atoms with Crippen LogP contribution in [0.1, 0.15) is 66.4 Å². The first kappa shape index (κ1) is 24.9. The molecule has 0 aromatic heterocycles. The van der Waals surface area contributed by atoms with Crippen LogP contribution in [0.5, 0.6) is 5.75 Å². The molecule has 1 aromatic rings. The van der Waals surface area contributed by atoms with Crippen molar-refractivity contribution in [2.45, 2.75) is 73.0 Å². The van der Waals surface area contributed by atoms with Crippen molar-refractivity contribution in [3.05, 3.63) is 53.1 Å². The molecule has 3 fully saturated rings. The van der Waals surface area contributed by atoms with Gasteiger partial charge < -0.3 is 15.5 Å². The molecular weight excluding hydrogens is 462 g/mol. The number of phenolic OH excluding ortho intramolecular Hbond substituents is 1. The summed E-state index contributed by atoms with van der Waals surface area (Å²) in [6.07, 6.45) is 8.05. The van der Waals surface area contributed by atoms with E-state index in [1.54, 1.807) is 24.3 Å². The van der Waals surface area contributed by atoms with Crippen LogP contribution in [-0.4, -0.2) is 27.6 Å². The average Bonchev–Trinajstić information content (AvgIpc) is 3.16. The summed E-state index contributed by atoms with van der Waals surface area (Å²) in [5.41, 5.74) is -0.445. The summed E-state index contributed by atoms with van der Waals surface area (Å²) in [6, 6.07) is 6.74. The van der Waals surface area contributed by atoms with E-state index in [9.17, 15) is 19.8 Å². The van der Waals surface area contributed by atoms with Crippen LogP contribution in [0.25, 0.3) is 0 Å². The number of allylic oxidation sites excluding steroid dienone is 4. The highest BCUT2D eigenvalue weighted by molar-refractivity contribution is 6.13. The number of hydrogen-bond acceptors (Lipinski definition) is 4. The van der Waals surface area contributed by atoms with Gasteiger partial charge in [-0.3, -0.25) is 9.59 Å². The van der Waals surface area contributed by atoms with Crippen molar-refractivity contribution >= 4 is 11.7 Å². The number of amides is 1. The maximum atomic E-state index is 15.0. The average molecular weight is 504 g/mol. The smallest absolute Gasteiger partial charge is 0.237 e. The Kier molecular flexibility index (Phi) is 5.11. The molecule has 37 heavy (non-hydrogen) atoms. The summed E-state index contributed by atoms with van der Waals surface area (Å²) in [5.74, 6) is -0.241. The number of nitrogens with one attached hydrogen (secondary N) is 1. The third kappa shape index (κ3) is 2.95. The van der Waals surface area contributed by atoms with Crippen LogP contribution >= 0.6 is 0 Å². The molecule has 1 aliphatic heterocycles. The van der Waals surface area contributed by atoms with E-state index in [0.29, 0.717) is 5.92 Å². The Morgan fingerprint density at radius 1 is 1.00 bits per heavy atom. The van der Waals surface area contributed by atoms with Crippen LogP contribution in [-0.2, 0) is 16.0 Å². The number of carbonyl (C=O) groups is 2. The molecule has 2 saturated carbocycles. The van der Waals surface area contributed by atoms with Crippen molar-refractivity contribution in [2.24, 2.45) is 51.8 Å². The Hall–Kier alpha value is -2.40. The zero-order valence-corrected chi connectivity index (χ0v) is 23.0. The first-order valence-corrected chi connectivity index (χ1v) is 14.0. The van der Waals surface area contributed by atoms with Gasteiger partial charge in [-0.1, -0.05) is 69.5 Å². The summed E-state index contributed by atoms with van der Waals surface area (Å²) in [5, 5.41) is 25.0. The van der Waals surface area contributed by atoms with E-state index in [1.807, 2.05) is 0 Å². The summed E-state index contributed by atoms with van der Waals surface area (Å²) in [6.45, 7) is 13.1.